The number of hydrogen-bond donors (Lipinski definition) is 2. The van der Waals surface area contributed by atoms with Gasteiger partial charge in [-0.05, 0) is 18.8 Å². The van der Waals surface area contributed by atoms with E-state index in [0.29, 0.717) is 12.8 Å². The first-order valence-electron chi connectivity index (χ1n) is 6.53. The van der Waals surface area contributed by atoms with Gasteiger partial charge in [0.25, 0.3) is 0 Å². The molecule has 0 aromatic rings. The molecule has 0 aromatic heterocycles. The van der Waals surface area contributed by atoms with Gasteiger partial charge in [0, 0.05) is 6.54 Å². The summed E-state index contributed by atoms with van der Waals surface area (Å²) in [6.07, 6.45) is 5.67. The molecule has 0 bridgehead atoms. The molecule has 0 unspecified atom stereocenters. The van der Waals surface area contributed by atoms with Gasteiger partial charge in [-0.3, -0.25) is 0 Å². The molecule has 1 aliphatic rings. The summed E-state index contributed by atoms with van der Waals surface area (Å²) >= 11 is 0. The fraction of sp³-hybridized carbons (Fsp3) is 1.00. The Bertz CT molecular complexity index is 317. The smallest absolute Gasteiger partial charge is 0.211 e. The number of sulfonamides is 1. The van der Waals surface area contributed by atoms with Gasteiger partial charge in [-0.25, -0.2) is 13.1 Å². The van der Waals surface area contributed by atoms with E-state index < -0.39 is 15.6 Å². The van der Waals surface area contributed by atoms with Gasteiger partial charge in [0.2, 0.25) is 10.0 Å². The summed E-state index contributed by atoms with van der Waals surface area (Å²) in [6, 6.07) is 0. The molecule has 1 fully saturated rings. The first kappa shape index (κ1) is 14.9. The van der Waals surface area contributed by atoms with Gasteiger partial charge in [0.1, 0.15) is 0 Å². The zero-order valence-corrected chi connectivity index (χ0v) is 11.7. The third-order valence-electron chi connectivity index (χ3n) is 3.21. The van der Waals surface area contributed by atoms with Crippen molar-refractivity contribution < 1.29 is 13.5 Å². The fourth-order valence-electron chi connectivity index (χ4n) is 2.31. The molecule has 0 aromatic carbocycles. The Hall–Kier alpha value is -0.130. The zero-order chi connectivity index (χ0) is 12.9. The molecule has 2 N–H and O–H groups in total. The second kappa shape index (κ2) is 6.16. The first-order valence-corrected chi connectivity index (χ1v) is 8.18. The standard InChI is InChI=1S/C12H25NO3S/c1-11(2)9-17(15,16)13-10-12(14)7-5-3-4-6-8-12/h11,13-14H,3-10H2,1-2H3. The average Bonchev–Trinajstić information content (AvgIpc) is 2.39. The predicted octanol–water partition coefficient (Wildman–Crippen LogP) is 1.65. The molecule has 0 spiro atoms. The summed E-state index contributed by atoms with van der Waals surface area (Å²) in [4.78, 5) is 0. The molecule has 0 atom stereocenters. The van der Waals surface area contributed by atoms with Crippen LogP contribution < -0.4 is 4.72 Å². The van der Waals surface area contributed by atoms with Gasteiger partial charge in [-0.15, -0.1) is 0 Å². The Balaban J connectivity index is 2.48. The summed E-state index contributed by atoms with van der Waals surface area (Å²) in [7, 11) is -3.24. The molecule has 0 radical (unpaired) electrons. The molecule has 17 heavy (non-hydrogen) atoms. The number of rotatable bonds is 5. The van der Waals surface area contributed by atoms with Gasteiger partial charge in [-0.1, -0.05) is 39.5 Å². The van der Waals surface area contributed by atoms with E-state index in [4.69, 9.17) is 0 Å². The number of aliphatic hydroxyl groups is 1. The van der Waals surface area contributed by atoms with Gasteiger partial charge in [0.05, 0.1) is 11.4 Å². The third kappa shape index (κ3) is 5.84. The van der Waals surface area contributed by atoms with Crippen LogP contribution in [-0.2, 0) is 10.0 Å². The van der Waals surface area contributed by atoms with Crippen molar-refractivity contribution in [2.75, 3.05) is 12.3 Å². The molecule has 0 saturated heterocycles. The van der Waals surface area contributed by atoms with Crippen molar-refractivity contribution in [1.29, 1.82) is 0 Å². The molecule has 0 amide bonds. The lowest BCUT2D eigenvalue weighted by Crippen LogP contribution is -2.43. The Labute approximate surface area is 105 Å². The van der Waals surface area contributed by atoms with Crippen molar-refractivity contribution >= 4 is 10.0 Å². The number of hydrogen-bond acceptors (Lipinski definition) is 3. The highest BCUT2D eigenvalue weighted by Crippen LogP contribution is 2.26. The van der Waals surface area contributed by atoms with Crippen molar-refractivity contribution in [3.63, 3.8) is 0 Å². The molecule has 1 rings (SSSR count). The van der Waals surface area contributed by atoms with Crippen molar-refractivity contribution in [1.82, 2.24) is 4.72 Å². The molecular weight excluding hydrogens is 238 g/mol. The molecule has 1 saturated carbocycles. The maximum atomic E-state index is 11.7. The minimum Gasteiger partial charge on any atom is -0.389 e. The minimum absolute atomic E-state index is 0.108. The van der Waals surface area contributed by atoms with Crippen LogP contribution in [0.5, 0.6) is 0 Å². The highest BCUT2D eigenvalue weighted by molar-refractivity contribution is 7.89. The van der Waals surface area contributed by atoms with Crippen LogP contribution >= 0.6 is 0 Å². The van der Waals surface area contributed by atoms with Crippen molar-refractivity contribution in [2.24, 2.45) is 5.92 Å². The highest BCUT2D eigenvalue weighted by Gasteiger charge is 2.29. The van der Waals surface area contributed by atoms with Crippen LogP contribution in [0.1, 0.15) is 52.4 Å². The largest absolute Gasteiger partial charge is 0.389 e. The Morgan fingerprint density at radius 3 is 2.18 bits per heavy atom. The van der Waals surface area contributed by atoms with Gasteiger partial charge in [0.15, 0.2) is 0 Å². The van der Waals surface area contributed by atoms with Crippen LogP contribution in [0.15, 0.2) is 0 Å². The molecule has 0 aliphatic heterocycles. The lowest BCUT2D eigenvalue weighted by atomic mass is 9.95. The van der Waals surface area contributed by atoms with Crippen molar-refractivity contribution in [3.05, 3.63) is 0 Å². The quantitative estimate of drug-likeness (QED) is 0.741. The molecule has 1 aliphatic carbocycles. The first-order chi connectivity index (χ1) is 7.83. The average molecular weight is 263 g/mol. The van der Waals surface area contributed by atoms with Gasteiger partial charge >= 0.3 is 0 Å². The summed E-state index contributed by atoms with van der Waals surface area (Å²) in [5, 5.41) is 10.3. The van der Waals surface area contributed by atoms with E-state index >= 15 is 0 Å². The summed E-state index contributed by atoms with van der Waals surface area (Å²) in [6.45, 7) is 3.92. The SMILES string of the molecule is CC(C)CS(=O)(=O)NCC1(O)CCCCCC1. The van der Waals surface area contributed by atoms with E-state index in [9.17, 15) is 13.5 Å². The normalized spacial score (nSPS) is 21.4. The van der Waals surface area contributed by atoms with Crippen molar-refractivity contribution in [2.45, 2.75) is 58.0 Å². The minimum atomic E-state index is -3.24. The molecule has 4 nitrogen and oxygen atoms in total. The Morgan fingerprint density at radius 1 is 1.18 bits per heavy atom. The topological polar surface area (TPSA) is 66.4 Å². The fourth-order valence-corrected chi connectivity index (χ4v) is 3.79. The van der Waals surface area contributed by atoms with Crippen molar-refractivity contribution in [3.8, 4) is 0 Å². The van der Waals surface area contributed by atoms with Crippen LogP contribution in [0, 0.1) is 5.92 Å². The molecule has 5 heteroatoms. The van der Waals surface area contributed by atoms with Gasteiger partial charge in [-0.2, -0.15) is 0 Å². The molecule has 0 heterocycles. The van der Waals surface area contributed by atoms with E-state index in [0.717, 1.165) is 25.7 Å². The van der Waals surface area contributed by atoms with Crippen LogP contribution in [0.3, 0.4) is 0 Å². The monoisotopic (exact) mass is 263 g/mol. The summed E-state index contributed by atoms with van der Waals surface area (Å²) in [5.74, 6) is 0.236. The Morgan fingerprint density at radius 2 is 1.71 bits per heavy atom. The molecular formula is C12H25NO3S. The van der Waals surface area contributed by atoms with Crippen LogP contribution in [0.25, 0.3) is 0 Å². The van der Waals surface area contributed by atoms with E-state index in [2.05, 4.69) is 4.72 Å². The maximum Gasteiger partial charge on any atom is 0.211 e. The lowest BCUT2D eigenvalue weighted by Gasteiger charge is -2.26. The predicted molar refractivity (Wildman–Crippen MR) is 69.3 cm³/mol. The van der Waals surface area contributed by atoms with E-state index in [1.165, 1.54) is 0 Å². The number of nitrogens with one attached hydrogen (secondary N) is 1. The maximum absolute atomic E-state index is 11.7. The second-order valence-electron chi connectivity index (χ2n) is 5.63. The van der Waals surface area contributed by atoms with E-state index in [-0.39, 0.29) is 18.2 Å². The summed E-state index contributed by atoms with van der Waals surface area (Å²) < 4.78 is 25.9. The third-order valence-corrected chi connectivity index (χ3v) is 4.90. The zero-order valence-electron chi connectivity index (χ0n) is 10.9. The van der Waals surface area contributed by atoms with E-state index in [1.54, 1.807) is 0 Å². The van der Waals surface area contributed by atoms with Crippen LogP contribution in [-0.4, -0.2) is 31.4 Å². The lowest BCUT2D eigenvalue weighted by molar-refractivity contribution is 0.0303. The van der Waals surface area contributed by atoms with Gasteiger partial charge < -0.3 is 5.11 Å². The van der Waals surface area contributed by atoms with Crippen LogP contribution in [0.2, 0.25) is 0 Å². The van der Waals surface area contributed by atoms with E-state index in [1.807, 2.05) is 13.8 Å². The summed E-state index contributed by atoms with van der Waals surface area (Å²) in [5.41, 5.74) is -0.833. The Kier molecular flexibility index (Phi) is 5.41. The molecule has 102 valence electrons. The van der Waals surface area contributed by atoms with Crippen LogP contribution in [0.4, 0.5) is 0 Å². The second-order valence-corrected chi connectivity index (χ2v) is 7.49. The highest BCUT2D eigenvalue weighted by atomic mass is 32.2.